The minimum absolute atomic E-state index is 0.323. The van der Waals surface area contributed by atoms with Gasteiger partial charge in [0.25, 0.3) is 0 Å². The van der Waals surface area contributed by atoms with E-state index in [0.717, 1.165) is 11.5 Å². The molecule has 0 fully saturated rings. The van der Waals surface area contributed by atoms with Crippen LogP contribution in [0.15, 0.2) is 34.7 Å². The monoisotopic (exact) mass is 234 g/mol. The number of hydrogen-bond acceptors (Lipinski definition) is 3. The Hall–Kier alpha value is -1.97. The summed E-state index contributed by atoms with van der Waals surface area (Å²) in [5.41, 5.74) is 6.44. The van der Waals surface area contributed by atoms with E-state index in [2.05, 4.69) is 0 Å². The van der Waals surface area contributed by atoms with E-state index < -0.39 is 0 Å². The predicted octanol–water partition coefficient (Wildman–Crippen LogP) is 2.95. The second-order valence-corrected chi connectivity index (χ2v) is 4.08. The molecule has 1 aromatic carbocycles. The zero-order valence-electron chi connectivity index (χ0n) is 9.90. The van der Waals surface area contributed by atoms with Crippen LogP contribution < -0.4 is 10.6 Å². The van der Waals surface area contributed by atoms with Crippen LogP contribution in [0.25, 0.3) is 0 Å². The number of furan rings is 1. The molecule has 0 saturated heterocycles. The average molecular weight is 234 g/mol. The number of nitrogens with two attached hydrogens (primary N) is 1. The highest BCUT2D eigenvalue weighted by molar-refractivity contribution is 5.54. The first-order chi connectivity index (χ1) is 8.06. The molecule has 2 N–H and O–H groups in total. The molecule has 0 radical (unpaired) electrons. The van der Waals surface area contributed by atoms with E-state index in [1.165, 1.54) is 6.07 Å². The van der Waals surface area contributed by atoms with Crippen LogP contribution >= 0.6 is 0 Å². The molecule has 0 aliphatic rings. The zero-order chi connectivity index (χ0) is 12.4. The largest absolute Gasteiger partial charge is 0.464 e. The van der Waals surface area contributed by atoms with Gasteiger partial charge in [-0.05, 0) is 37.3 Å². The molecule has 0 spiro atoms. The van der Waals surface area contributed by atoms with Gasteiger partial charge in [-0.2, -0.15) is 0 Å². The first kappa shape index (κ1) is 11.5. The van der Waals surface area contributed by atoms with E-state index in [1.54, 1.807) is 17.0 Å². The summed E-state index contributed by atoms with van der Waals surface area (Å²) in [5.74, 6) is 1.34. The van der Waals surface area contributed by atoms with E-state index in [9.17, 15) is 4.39 Å². The molecule has 0 amide bonds. The van der Waals surface area contributed by atoms with Crippen molar-refractivity contribution in [2.75, 3.05) is 17.7 Å². The van der Waals surface area contributed by atoms with Crippen molar-refractivity contribution in [3.8, 4) is 0 Å². The molecule has 17 heavy (non-hydrogen) atoms. The van der Waals surface area contributed by atoms with Gasteiger partial charge < -0.3 is 15.1 Å². The smallest absolute Gasteiger partial charge is 0.148 e. The molecule has 90 valence electrons. The fourth-order valence-electron chi connectivity index (χ4n) is 1.72. The standard InChI is InChI=1S/C13H15FN2O/c1-9-3-5-11(17-9)8-16(2)13-6-4-10(15)7-12(13)14/h3-7H,8,15H2,1-2H3. The maximum absolute atomic E-state index is 13.7. The summed E-state index contributed by atoms with van der Waals surface area (Å²) < 4.78 is 19.1. The Morgan fingerprint density at radius 3 is 2.65 bits per heavy atom. The fraction of sp³-hybridized carbons (Fsp3) is 0.231. The predicted molar refractivity (Wildman–Crippen MR) is 66.4 cm³/mol. The van der Waals surface area contributed by atoms with Crippen molar-refractivity contribution in [1.29, 1.82) is 0 Å². The first-order valence-electron chi connectivity index (χ1n) is 5.38. The average Bonchev–Trinajstić information content (AvgIpc) is 2.63. The highest BCUT2D eigenvalue weighted by Crippen LogP contribution is 2.22. The highest BCUT2D eigenvalue weighted by Gasteiger charge is 2.09. The van der Waals surface area contributed by atoms with Crippen LogP contribution in [0, 0.1) is 12.7 Å². The third kappa shape index (κ3) is 2.58. The van der Waals surface area contributed by atoms with E-state index in [4.69, 9.17) is 10.2 Å². The van der Waals surface area contributed by atoms with Gasteiger partial charge in [-0.3, -0.25) is 0 Å². The number of nitrogen functional groups attached to an aromatic ring is 1. The third-order valence-electron chi connectivity index (χ3n) is 2.57. The summed E-state index contributed by atoms with van der Waals surface area (Å²) >= 11 is 0. The molecule has 0 bridgehead atoms. The van der Waals surface area contributed by atoms with Gasteiger partial charge in [0.05, 0.1) is 12.2 Å². The molecular weight excluding hydrogens is 219 g/mol. The normalized spacial score (nSPS) is 10.5. The SMILES string of the molecule is Cc1ccc(CN(C)c2ccc(N)cc2F)o1. The van der Waals surface area contributed by atoms with Crippen molar-refractivity contribution in [2.24, 2.45) is 0 Å². The van der Waals surface area contributed by atoms with Crippen molar-refractivity contribution < 1.29 is 8.81 Å². The lowest BCUT2D eigenvalue weighted by Crippen LogP contribution is -2.17. The molecule has 1 heterocycles. The van der Waals surface area contributed by atoms with Gasteiger partial charge in [0.15, 0.2) is 0 Å². The van der Waals surface area contributed by atoms with Crippen molar-refractivity contribution in [2.45, 2.75) is 13.5 Å². The van der Waals surface area contributed by atoms with E-state index in [1.807, 2.05) is 26.1 Å². The van der Waals surface area contributed by atoms with Gasteiger partial charge in [-0.15, -0.1) is 0 Å². The molecule has 3 nitrogen and oxygen atoms in total. The van der Waals surface area contributed by atoms with E-state index >= 15 is 0 Å². The number of aryl methyl sites for hydroxylation is 1. The Balaban J connectivity index is 2.17. The summed E-state index contributed by atoms with van der Waals surface area (Å²) in [7, 11) is 1.81. The first-order valence-corrected chi connectivity index (χ1v) is 5.38. The summed E-state index contributed by atoms with van der Waals surface area (Å²) in [6.45, 7) is 2.40. The van der Waals surface area contributed by atoms with Gasteiger partial charge in [0, 0.05) is 12.7 Å². The van der Waals surface area contributed by atoms with Crippen molar-refractivity contribution in [3.05, 3.63) is 47.7 Å². The summed E-state index contributed by atoms with van der Waals surface area (Å²) in [6, 6.07) is 8.45. The van der Waals surface area contributed by atoms with E-state index in [0.29, 0.717) is 17.9 Å². The summed E-state index contributed by atoms with van der Waals surface area (Å²) in [4.78, 5) is 1.78. The molecule has 2 aromatic rings. The zero-order valence-corrected chi connectivity index (χ0v) is 9.90. The Labute approximate surface area is 99.6 Å². The Morgan fingerprint density at radius 1 is 1.29 bits per heavy atom. The van der Waals surface area contributed by atoms with Crippen LogP contribution in [0.1, 0.15) is 11.5 Å². The van der Waals surface area contributed by atoms with Gasteiger partial charge in [0.1, 0.15) is 17.3 Å². The third-order valence-corrected chi connectivity index (χ3v) is 2.57. The molecule has 0 atom stereocenters. The van der Waals surface area contributed by atoms with Crippen molar-refractivity contribution >= 4 is 11.4 Å². The molecule has 0 aliphatic carbocycles. The number of anilines is 2. The minimum atomic E-state index is -0.323. The number of benzene rings is 1. The second kappa shape index (κ2) is 4.49. The van der Waals surface area contributed by atoms with Gasteiger partial charge in [0.2, 0.25) is 0 Å². The van der Waals surface area contributed by atoms with Crippen molar-refractivity contribution in [1.82, 2.24) is 0 Å². The molecule has 0 saturated carbocycles. The van der Waals surface area contributed by atoms with Crippen LogP contribution in [-0.2, 0) is 6.54 Å². The topological polar surface area (TPSA) is 42.4 Å². The van der Waals surface area contributed by atoms with Crippen LogP contribution in [0.5, 0.6) is 0 Å². The summed E-state index contributed by atoms with van der Waals surface area (Å²) in [5, 5.41) is 0. The number of nitrogens with zero attached hydrogens (tertiary/aromatic N) is 1. The lowest BCUT2D eigenvalue weighted by Gasteiger charge is -2.18. The highest BCUT2D eigenvalue weighted by atomic mass is 19.1. The maximum Gasteiger partial charge on any atom is 0.148 e. The Morgan fingerprint density at radius 2 is 2.06 bits per heavy atom. The fourth-order valence-corrected chi connectivity index (χ4v) is 1.72. The van der Waals surface area contributed by atoms with Crippen LogP contribution in [0.3, 0.4) is 0 Å². The Bertz CT molecular complexity index is 522. The lowest BCUT2D eigenvalue weighted by molar-refractivity contribution is 0.480. The van der Waals surface area contributed by atoms with Crippen LogP contribution in [-0.4, -0.2) is 7.05 Å². The van der Waals surface area contributed by atoms with Gasteiger partial charge >= 0.3 is 0 Å². The molecule has 4 heteroatoms. The molecule has 0 aliphatic heterocycles. The molecule has 2 rings (SSSR count). The Kier molecular flexibility index (Phi) is 3.04. The van der Waals surface area contributed by atoms with Crippen molar-refractivity contribution in [3.63, 3.8) is 0 Å². The molecule has 1 aromatic heterocycles. The lowest BCUT2D eigenvalue weighted by atomic mass is 10.2. The van der Waals surface area contributed by atoms with Gasteiger partial charge in [-0.1, -0.05) is 0 Å². The number of halogens is 1. The molecular formula is C13H15FN2O. The van der Waals surface area contributed by atoms with E-state index in [-0.39, 0.29) is 5.82 Å². The number of hydrogen-bond donors (Lipinski definition) is 1. The second-order valence-electron chi connectivity index (χ2n) is 4.08. The van der Waals surface area contributed by atoms with Crippen LogP contribution in [0.4, 0.5) is 15.8 Å². The quantitative estimate of drug-likeness (QED) is 0.830. The number of rotatable bonds is 3. The minimum Gasteiger partial charge on any atom is -0.464 e. The van der Waals surface area contributed by atoms with Gasteiger partial charge in [-0.25, -0.2) is 4.39 Å². The maximum atomic E-state index is 13.7. The molecule has 0 unspecified atom stereocenters. The summed E-state index contributed by atoms with van der Waals surface area (Å²) in [6.07, 6.45) is 0. The van der Waals surface area contributed by atoms with Crippen LogP contribution in [0.2, 0.25) is 0 Å².